The van der Waals surface area contributed by atoms with Gasteiger partial charge in [0.1, 0.15) is 18.9 Å². The van der Waals surface area contributed by atoms with E-state index in [1.165, 1.54) is 12.1 Å². The smallest absolute Gasteiger partial charge is 0.327 e. The summed E-state index contributed by atoms with van der Waals surface area (Å²) in [6.45, 7) is 8.72. The number of esters is 1. The minimum absolute atomic E-state index is 0.0906. The van der Waals surface area contributed by atoms with Gasteiger partial charge in [0.05, 0.1) is 16.7 Å². The lowest BCUT2D eigenvalue weighted by Crippen LogP contribution is -2.37. The second-order valence-electron chi connectivity index (χ2n) is 6.46. The van der Waals surface area contributed by atoms with E-state index < -0.39 is 22.5 Å². The number of benzene rings is 2. The van der Waals surface area contributed by atoms with Crippen molar-refractivity contribution in [2.45, 2.75) is 31.8 Å². The minimum Gasteiger partial charge on any atom is -0.489 e. The molecule has 2 rings (SSSR count). The third-order valence-corrected chi connectivity index (χ3v) is 5.51. The number of sulfonamides is 1. The molecule has 0 aliphatic heterocycles. The van der Waals surface area contributed by atoms with Crippen LogP contribution in [0.3, 0.4) is 0 Å². The third kappa shape index (κ3) is 5.60. The fraction of sp³-hybridized carbons (Fsp3) is 0.286. The van der Waals surface area contributed by atoms with Crippen LogP contribution in [0.1, 0.15) is 19.4 Å². The minimum atomic E-state index is -3.98. The molecule has 0 saturated carbocycles. The number of hydrogen-bond acceptors (Lipinski definition) is 5. The van der Waals surface area contributed by atoms with Crippen LogP contribution in [0, 0.1) is 6.92 Å². The van der Waals surface area contributed by atoms with Crippen LogP contribution in [0.5, 0.6) is 5.75 Å². The molecule has 0 aliphatic carbocycles. The van der Waals surface area contributed by atoms with Gasteiger partial charge in [-0.1, -0.05) is 36.4 Å². The summed E-state index contributed by atoms with van der Waals surface area (Å²) in [5.74, 6) is -0.165. The van der Waals surface area contributed by atoms with Gasteiger partial charge in [-0.15, -0.1) is 0 Å². The molecule has 6 nitrogen and oxygen atoms in total. The second kappa shape index (κ2) is 9.41. The Bertz CT molecular complexity index is 920. The number of anilines is 1. The molecule has 2 aromatic rings. The Kier molecular flexibility index (Phi) is 7.23. The van der Waals surface area contributed by atoms with E-state index in [2.05, 4.69) is 6.58 Å². The van der Waals surface area contributed by atoms with Crippen molar-refractivity contribution in [3.63, 3.8) is 0 Å². The number of carbonyl (C=O) groups excluding carboxylic acids is 1. The summed E-state index contributed by atoms with van der Waals surface area (Å²) >= 11 is 0. The number of carbonyl (C=O) groups is 1. The number of hydrogen-bond donors (Lipinski definition) is 0. The monoisotopic (exact) mass is 403 g/mol. The Morgan fingerprint density at radius 3 is 2.46 bits per heavy atom. The van der Waals surface area contributed by atoms with E-state index in [9.17, 15) is 13.2 Å². The lowest BCUT2D eigenvalue weighted by molar-refractivity contribution is -0.145. The molecule has 0 aliphatic rings. The Morgan fingerprint density at radius 1 is 1.18 bits per heavy atom. The fourth-order valence-electron chi connectivity index (χ4n) is 2.45. The largest absolute Gasteiger partial charge is 0.489 e. The van der Waals surface area contributed by atoms with Gasteiger partial charge in [0.25, 0.3) is 10.0 Å². The number of ether oxygens (including phenoxy) is 2. The SMILES string of the molecule is C=CCOc1cccc(N(CC(=O)OC(C)C)S(=O)(=O)c2ccc(C)cc2)c1. The molecule has 0 atom stereocenters. The fourth-order valence-corrected chi connectivity index (χ4v) is 3.85. The van der Waals surface area contributed by atoms with Crippen molar-refractivity contribution in [2.75, 3.05) is 17.5 Å². The van der Waals surface area contributed by atoms with E-state index in [0.717, 1.165) is 9.87 Å². The van der Waals surface area contributed by atoms with E-state index in [-0.39, 0.29) is 17.6 Å². The summed E-state index contributed by atoms with van der Waals surface area (Å²) in [4.78, 5) is 12.3. The van der Waals surface area contributed by atoms with Gasteiger partial charge in [-0.25, -0.2) is 8.42 Å². The first kappa shape index (κ1) is 21.5. The Hall–Kier alpha value is -2.80. The van der Waals surface area contributed by atoms with Crippen molar-refractivity contribution < 1.29 is 22.7 Å². The summed E-state index contributed by atoms with van der Waals surface area (Å²) in [5.41, 5.74) is 1.24. The average molecular weight is 404 g/mol. The van der Waals surface area contributed by atoms with Crippen LogP contribution < -0.4 is 9.04 Å². The van der Waals surface area contributed by atoms with E-state index in [1.54, 1.807) is 56.3 Å². The molecule has 0 N–H and O–H groups in total. The highest BCUT2D eigenvalue weighted by Gasteiger charge is 2.28. The third-order valence-electron chi connectivity index (χ3n) is 3.72. The van der Waals surface area contributed by atoms with Crippen LogP contribution in [-0.4, -0.2) is 33.6 Å². The maximum absolute atomic E-state index is 13.3. The first-order valence-corrected chi connectivity index (χ1v) is 10.3. The zero-order valence-electron chi connectivity index (χ0n) is 16.3. The average Bonchev–Trinajstić information content (AvgIpc) is 2.64. The maximum Gasteiger partial charge on any atom is 0.327 e. The maximum atomic E-state index is 13.3. The molecule has 2 aromatic carbocycles. The quantitative estimate of drug-likeness (QED) is 0.471. The van der Waals surface area contributed by atoms with Crippen molar-refractivity contribution in [1.82, 2.24) is 0 Å². The molecule has 0 bridgehead atoms. The molecule has 0 spiro atoms. The van der Waals surface area contributed by atoms with Crippen molar-refractivity contribution in [1.29, 1.82) is 0 Å². The van der Waals surface area contributed by atoms with Crippen molar-refractivity contribution in [3.8, 4) is 5.75 Å². The van der Waals surface area contributed by atoms with Crippen LogP contribution in [0.2, 0.25) is 0 Å². The Morgan fingerprint density at radius 2 is 1.86 bits per heavy atom. The van der Waals surface area contributed by atoms with Gasteiger partial charge >= 0.3 is 5.97 Å². The molecule has 7 heteroatoms. The normalized spacial score (nSPS) is 11.1. The van der Waals surface area contributed by atoms with E-state index >= 15 is 0 Å². The van der Waals surface area contributed by atoms with Gasteiger partial charge in [0, 0.05) is 6.07 Å². The molecular weight excluding hydrogens is 378 g/mol. The summed E-state index contributed by atoms with van der Waals surface area (Å²) in [6.07, 6.45) is 1.24. The van der Waals surface area contributed by atoms with Crippen LogP contribution >= 0.6 is 0 Å². The predicted octanol–water partition coefficient (Wildman–Crippen LogP) is 3.71. The highest BCUT2D eigenvalue weighted by molar-refractivity contribution is 7.92. The van der Waals surface area contributed by atoms with Gasteiger partial charge in [-0.3, -0.25) is 9.10 Å². The second-order valence-corrected chi connectivity index (χ2v) is 8.32. The lowest BCUT2D eigenvalue weighted by Gasteiger charge is -2.24. The molecule has 0 fully saturated rings. The van der Waals surface area contributed by atoms with Gasteiger partial charge in [0.2, 0.25) is 0 Å². The standard InChI is InChI=1S/C21H25NO5S/c1-5-13-26-19-8-6-7-18(14-19)22(15-21(23)27-16(2)3)28(24,25)20-11-9-17(4)10-12-20/h5-12,14,16H,1,13,15H2,2-4H3. The van der Waals surface area contributed by atoms with E-state index in [0.29, 0.717) is 11.4 Å². The topological polar surface area (TPSA) is 72.9 Å². The number of rotatable bonds is 9. The summed E-state index contributed by atoms with van der Waals surface area (Å²) in [5, 5.41) is 0. The molecule has 0 amide bonds. The lowest BCUT2D eigenvalue weighted by atomic mass is 10.2. The predicted molar refractivity (Wildman–Crippen MR) is 109 cm³/mol. The number of aryl methyl sites for hydroxylation is 1. The molecular formula is C21H25NO5S. The molecule has 0 unspecified atom stereocenters. The van der Waals surface area contributed by atoms with Crippen LogP contribution in [0.4, 0.5) is 5.69 Å². The van der Waals surface area contributed by atoms with Crippen LogP contribution in [-0.2, 0) is 19.6 Å². The summed E-state index contributed by atoms with van der Waals surface area (Å²) < 4.78 is 38.2. The van der Waals surface area contributed by atoms with Crippen molar-refractivity contribution in [3.05, 3.63) is 66.7 Å². The summed E-state index contributed by atoms with van der Waals surface area (Å²) in [6, 6.07) is 13.0. The Balaban J connectivity index is 2.46. The zero-order valence-corrected chi connectivity index (χ0v) is 17.1. The van der Waals surface area contributed by atoms with Gasteiger partial charge < -0.3 is 9.47 Å². The number of nitrogens with zero attached hydrogens (tertiary/aromatic N) is 1. The molecule has 150 valence electrons. The summed E-state index contributed by atoms with van der Waals surface area (Å²) in [7, 11) is -3.98. The van der Waals surface area contributed by atoms with Gasteiger partial charge in [0.15, 0.2) is 0 Å². The molecule has 0 heterocycles. The highest BCUT2D eigenvalue weighted by atomic mass is 32.2. The molecule has 0 radical (unpaired) electrons. The van der Waals surface area contributed by atoms with Crippen molar-refractivity contribution >= 4 is 21.7 Å². The molecule has 0 aromatic heterocycles. The van der Waals surface area contributed by atoms with Crippen LogP contribution in [0.15, 0.2) is 66.1 Å². The Labute approximate surface area is 166 Å². The molecule has 28 heavy (non-hydrogen) atoms. The first-order valence-electron chi connectivity index (χ1n) is 8.86. The van der Waals surface area contributed by atoms with Crippen molar-refractivity contribution in [2.24, 2.45) is 0 Å². The van der Waals surface area contributed by atoms with E-state index in [1.807, 2.05) is 6.92 Å². The van der Waals surface area contributed by atoms with Gasteiger partial charge in [-0.2, -0.15) is 0 Å². The van der Waals surface area contributed by atoms with E-state index in [4.69, 9.17) is 9.47 Å². The highest BCUT2D eigenvalue weighted by Crippen LogP contribution is 2.27. The molecule has 0 saturated heterocycles. The van der Waals surface area contributed by atoms with Gasteiger partial charge in [-0.05, 0) is 45.0 Å². The first-order chi connectivity index (χ1) is 13.2. The van der Waals surface area contributed by atoms with Crippen LogP contribution in [0.25, 0.3) is 0 Å². The zero-order chi connectivity index (χ0) is 20.7.